The van der Waals surface area contributed by atoms with Crippen molar-refractivity contribution in [3.63, 3.8) is 0 Å². The molecule has 1 fully saturated rings. The maximum Gasteiger partial charge on any atom is 0.224 e. The second kappa shape index (κ2) is 6.49. The zero-order valence-electron chi connectivity index (χ0n) is 14.0. The Labute approximate surface area is 137 Å². The number of hydrogen-bond donors (Lipinski definition) is 1. The lowest BCUT2D eigenvalue weighted by Gasteiger charge is -2.30. The lowest BCUT2D eigenvalue weighted by Crippen LogP contribution is -2.43. The zero-order chi connectivity index (χ0) is 17.3. The summed E-state index contributed by atoms with van der Waals surface area (Å²) in [5, 5.41) is 0. The lowest BCUT2D eigenvalue weighted by molar-refractivity contribution is -0.133. The topological polar surface area (TPSA) is 75.7 Å². The number of amides is 1. The molecule has 1 saturated heterocycles. The SMILES string of the molecule is COc1ccccc1[C@@H](C)N(C)C(=O)CC1(C)CCS(=O)(=O)N1. The molecule has 0 aromatic heterocycles. The predicted molar refractivity (Wildman–Crippen MR) is 88.7 cm³/mol. The molecule has 0 saturated carbocycles. The van der Waals surface area contributed by atoms with Gasteiger partial charge in [-0.15, -0.1) is 0 Å². The third kappa shape index (κ3) is 4.03. The number of rotatable bonds is 5. The van der Waals surface area contributed by atoms with Gasteiger partial charge in [0.15, 0.2) is 0 Å². The molecule has 1 aromatic carbocycles. The quantitative estimate of drug-likeness (QED) is 0.885. The Morgan fingerprint density at radius 3 is 2.65 bits per heavy atom. The first kappa shape index (κ1) is 17.7. The maximum atomic E-state index is 12.6. The van der Waals surface area contributed by atoms with Crippen LogP contribution in [0, 0.1) is 0 Å². The predicted octanol–water partition coefficient (Wildman–Crippen LogP) is 1.69. The summed E-state index contributed by atoms with van der Waals surface area (Å²) in [5.41, 5.74) is 0.216. The monoisotopic (exact) mass is 340 g/mol. The summed E-state index contributed by atoms with van der Waals surface area (Å²) in [6.07, 6.45) is 0.584. The van der Waals surface area contributed by atoms with E-state index >= 15 is 0 Å². The Kier molecular flexibility index (Phi) is 5.01. The van der Waals surface area contributed by atoms with Crippen LogP contribution in [0.15, 0.2) is 24.3 Å². The summed E-state index contributed by atoms with van der Waals surface area (Å²) in [6.45, 7) is 3.70. The number of benzene rings is 1. The fourth-order valence-corrected chi connectivity index (χ4v) is 4.60. The molecule has 1 unspecified atom stereocenters. The Hall–Kier alpha value is -1.60. The van der Waals surface area contributed by atoms with Gasteiger partial charge >= 0.3 is 0 Å². The van der Waals surface area contributed by atoms with Crippen LogP contribution in [0.4, 0.5) is 0 Å². The smallest absolute Gasteiger partial charge is 0.224 e. The number of methoxy groups -OCH3 is 1. The van der Waals surface area contributed by atoms with E-state index in [2.05, 4.69) is 4.72 Å². The molecule has 7 heteroatoms. The first-order valence-electron chi connectivity index (χ1n) is 7.58. The molecule has 23 heavy (non-hydrogen) atoms. The van der Waals surface area contributed by atoms with Gasteiger partial charge in [-0.05, 0) is 26.3 Å². The number of carbonyl (C=O) groups is 1. The molecule has 1 aliphatic rings. The second-order valence-corrected chi connectivity index (χ2v) is 8.17. The molecule has 6 nitrogen and oxygen atoms in total. The van der Waals surface area contributed by atoms with Gasteiger partial charge in [-0.2, -0.15) is 0 Å². The van der Waals surface area contributed by atoms with Crippen molar-refractivity contribution in [2.75, 3.05) is 19.9 Å². The maximum absolute atomic E-state index is 12.6. The second-order valence-electron chi connectivity index (χ2n) is 6.33. The summed E-state index contributed by atoms with van der Waals surface area (Å²) in [5.74, 6) is 0.700. The van der Waals surface area contributed by atoms with Crippen molar-refractivity contribution in [3.05, 3.63) is 29.8 Å². The van der Waals surface area contributed by atoms with Crippen LogP contribution in [-0.2, 0) is 14.8 Å². The standard InChI is InChI=1S/C16H24N2O4S/c1-12(13-7-5-6-8-14(13)22-4)18(3)15(19)11-16(2)9-10-23(20,21)17-16/h5-8,12,17H,9-11H2,1-4H3/t12-,16?/m1/s1. The average molecular weight is 340 g/mol. The van der Waals surface area contributed by atoms with Crippen molar-refractivity contribution < 1.29 is 17.9 Å². The van der Waals surface area contributed by atoms with E-state index in [0.717, 1.165) is 11.3 Å². The highest BCUT2D eigenvalue weighted by atomic mass is 32.2. The largest absolute Gasteiger partial charge is 0.496 e. The molecule has 0 aliphatic carbocycles. The number of nitrogens with zero attached hydrogens (tertiary/aromatic N) is 1. The molecule has 0 spiro atoms. The van der Waals surface area contributed by atoms with Gasteiger partial charge in [0.05, 0.1) is 18.9 Å². The number of sulfonamides is 1. The summed E-state index contributed by atoms with van der Waals surface area (Å²) < 4.78 is 31.1. The van der Waals surface area contributed by atoms with Crippen LogP contribution in [0.1, 0.15) is 38.3 Å². The highest BCUT2D eigenvalue weighted by molar-refractivity contribution is 7.89. The Balaban J connectivity index is 2.10. The molecule has 128 valence electrons. The third-order valence-corrected chi connectivity index (χ3v) is 5.97. The first-order chi connectivity index (χ1) is 10.7. The molecule has 0 bridgehead atoms. The zero-order valence-corrected chi connectivity index (χ0v) is 14.8. The third-order valence-electron chi connectivity index (χ3n) is 4.43. The molecule has 1 heterocycles. The van der Waals surface area contributed by atoms with Gasteiger partial charge in [-0.3, -0.25) is 4.79 Å². The Morgan fingerprint density at radius 1 is 1.43 bits per heavy atom. The van der Waals surface area contributed by atoms with Crippen molar-refractivity contribution in [1.29, 1.82) is 0 Å². The van der Waals surface area contributed by atoms with E-state index in [1.54, 1.807) is 26.0 Å². The number of ether oxygens (including phenoxy) is 1. The van der Waals surface area contributed by atoms with Gasteiger partial charge in [0, 0.05) is 24.6 Å². The molecular formula is C16H24N2O4S. The van der Waals surface area contributed by atoms with Gasteiger partial charge in [0.1, 0.15) is 5.75 Å². The molecule has 2 rings (SSSR count). The Bertz CT molecular complexity index is 689. The van der Waals surface area contributed by atoms with Crippen molar-refractivity contribution in [3.8, 4) is 5.75 Å². The van der Waals surface area contributed by atoms with Crippen molar-refractivity contribution in [1.82, 2.24) is 9.62 Å². The van der Waals surface area contributed by atoms with Crippen LogP contribution in [0.3, 0.4) is 0 Å². The van der Waals surface area contributed by atoms with Crippen molar-refractivity contribution in [2.24, 2.45) is 0 Å². The number of carbonyl (C=O) groups excluding carboxylic acids is 1. The molecule has 1 aliphatic heterocycles. The van der Waals surface area contributed by atoms with E-state index in [-0.39, 0.29) is 24.1 Å². The lowest BCUT2D eigenvalue weighted by atomic mass is 9.94. The van der Waals surface area contributed by atoms with Gasteiger partial charge in [0.2, 0.25) is 15.9 Å². The van der Waals surface area contributed by atoms with E-state index in [0.29, 0.717) is 6.42 Å². The average Bonchev–Trinajstić information content (AvgIpc) is 2.78. The van der Waals surface area contributed by atoms with E-state index in [9.17, 15) is 13.2 Å². The van der Waals surface area contributed by atoms with Crippen molar-refractivity contribution in [2.45, 2.75) is 38.3 Å². The van der Waals surface area contributed by atoms with Gasteiger partial charge in [-0.1, -0.05) is 18.2 Å². The van der Waals surface area contributed by atoms with Crippen LogP contribution in [0.25, 0.3) is 0 Å². The van der Waals surface area contributed by atoms with Crippen LogP contribution in [-0.4, -0.2) is 44.7 Å². The molecule has 0 radical (unpaired) electrons. The van der Waals surface area contributed by atoms with E-state index in [1.807, 2.05) is 31.2 Å². The van der Waals surface area contributed by atoms with Gasteiger partial charge in [-0.25, -0.2) is 13.1 Å². The van der Waals surface area contributed by atoms with E-state index < -0.39 is 15.6 Å². The van der Waals surface area contributed by atoms with E-state index in [4.69, 9.17) is 4.74 Å². The minimum absolute atomic E-state index is 0.0720. The summed E-state index contributed by atoms with van der Waals surface area (Å²) in [4.78, 5) is 14.2. The minimum Gasteiger partial charge on any atom is -0.496 e. The molecule has 2 atom stereocenters. The number of nitrogens with one attached hydrogen (secondary N) is 1. The molecule has 1 aromatic rings. The van der Waals surface area contributed by atoms with Crippen LogP contribution < -0.4 is 9.46 Å². The van der Waals surface area contributed by atoms with Gasteiger partial charge in [0.25, 0.3) is 0 Å². The molecule has 1 N–H and O–H groups in total. The van der Waals surface area contributed by atoms with E-state index in [1.165, 1.54) is 0 Å². The van der Waals surface area contributed by atoms with Gasteiger partial charge < -0.3 is 9.64 Å². The Morgan fingerprint density at radius 2 is 2.09 bits per heavy atom. The fourth-order valence-electron chi connectivity index (χ4n) is 2.86. The van der Waals surface area contributed by atoms with Crippen LogP contribution in [0.2, 0.25) is 0 Å². The van der Waals surface area contributed by atoms with Crippen LogP contribution in [0.5, 0.6) is 5.75 Å². The normalized spacial score (nSPS) is 24.2. The minimum atomic E-state index is -3.25. The highest BCUT2D eigenvalue weighted by Crippen LogP contribution is 2.30. The molecular weight excluding hydrogens is 316 g/mol. The summed E-state index contributed by atoms with van der Waals surface area (Å²) in [7, 11) is 0.0783. The highest BCUT2D eigenvalue weighted by Gasteiger charge is 2.40. The number of hydrogen-bond acceptors (Lipinski definition) is 4. The molecule has 1 amide bonds. The summed E-state index contributed by atoms with van der Waals surface area (Å²) in [6, 6.07) is 7.40. The van der Waals surface area contributed by atoms with Crippen molar-refractivity contribution >= 4 is 15.9 Å². The summed E-state index contributed by atoms with van der Waals surface area (Å²) >= 11 is 0. The first-order valence-corrected chi connectivity index (χ1v) is 9.23. The number of para-hydroxylation sites is 1. The van der Waals surface area contributed by atoms with Crippen LogP contribution >= 0.6 is 0 Å². The fraction of sp³-hybridized carbons (Fsp3) is 0.562.